The summed E-state index contributed by atoms with van der Waals surface area (Å²) in [6.07, 6.45) is -1.62. The predicted octanol–water partition coefficient (Wildman–Crippen LogP) is -0.282. The van der Waals surface area contributed by atoms with Crippen molar-refractivity contribution in [3.8, 4) is 5.75 Å². The lowest BCUT2D eigenvalue weighted by Gasteiger charge is -2.53. The Balaban J connectivity index is 2.08. The van der Waals surface area contributed by atoms with Crippen molar-refractivity contribution < 1.29 is 39.9 Å². The highest BCUT2D eigenvalue weighted by Gasteiger charge is 2.67. The number of Topliss-reactive ketones (excluding diaryl/α,β-unsaturated/α-hetero) is 2. The van der Waals surface area contributed by atoms with Crippen molar-refractivity contribution in [2.24, 2.45) is 17.6 Å². The molecule has 3 aliphatic rings. The Hall–Kier alpha value is -3.41. The van der Waals surface area contributed by atoms with Crippen LogP contribution in [0.1, 0.15) is 28.8 Å². The summed E-state index contributed by atoms with van der Waals surface area (Å²) in [5.74, 6) is -9.03. The largest absolute Gasteiger partial charge is 0.510 e. The van der Waals surface area contributed by atoms with Crippen molar-refractivity contribution in [3.05, 3.63) is 45.9 Å². The van der Waals surface area contributed by atoms with Gasteiger partial charge in [0.15, 0.2) is 11.4 Å². The van der Waals surface area contributed by atoms with E-state index in [1.165, 1.54) is 25.1 Å². The molecule has 11 heteroatoms. The third-order valence-electron chi connectivity index (χ3n) is 7.57. The van der Waals surface area contributed by atoms with Crippen LogP contribution in [0.5, 0.6) is 5.75 Å². The van der Waals surface area contributed by atoms with E-state index < -0.39 is 75.6 Å². The van der Waals surface area contributed by atoms with E-state index in [-0.39, 0.29) is 11.3 Å². The summed E-state index contributed by atoms with van der Waals surface area (Å²) in [5.41, 5.74) is 1.96. The molecule has 0 aromatic heterocycles. The van der Waals surface area contributed by atoms with Gasteiger partial charge in [-0.25, -0.2) is 0 Å². The molecule has 0 heterocycles. The molecule has 0 radical (unpaired) electrons. The van der Waals surface area contributed by atoms with Crippen LogP contribution < -0.4 is 10.6 Å². The lowest BCUT2D eigenvalue weighted by atomic mass is 9.55. The van der Waals surface area contributed by atoms with Crippen LogP contribution in [0.2, 0.25) is 0 Å². The van der Waals surface area contributed by atoms with E-state index in [0.29, 0.717) is 11.3 Å². The number of rotatable bonds is 3. The number of nitrogens with zero attached hydrogens (tertiary/aromatic N) is 2. The standard InChI is InChI=1S/C24H29N3O8/c1-8-11-9(26(2)3)6-7-10(28)13(11)18(29)14-12(8)19(30)16-17(27(4)5)20(31)15(23(25)34)22(33)24(16,35)21(14)32/h6-8,12,16-17,19,28,30-32,35H,1-5H3,(H2,25,34)/t8-,12-,16-,17-,19-,24-/m0/s1. The molecule has 11 nitrogen and oxygen atoms in total. The van der Waals surface area contributed by atoms with Crippen molar-refractivity contribution in [2.45, 2.75) is 30.6 Å². The fourth-order valence-corrected chi connectivity index (χ4v) is 6.07. The average Bonchev–Trinajstić information content (AvgIpc) is 2.75. The van der Waals surface area contributed by atoms with Crippen LogP contribution in [0, 0.1) is 11.8 Å². The number of ketones is 2. The minimum absolute atomic E-state index is 0.114. The van der Waals surface area contributed by atoms with Gasteiger partial charge in [-0.15, -0.1) is 0 Å². The highest BCUT2D eigenvalue weighted by atomic mass is 16.4. The fraction of sp³-hybridized carbons (Fsp3) is 0.458. The topological polar surface area (TPSA) is 185 Å². The number of primary amides is 1. The zero-order chi connectivity index (χ0) is 26.3. The molecule has 0 spiro atoms. The van der Waals surface area contributed by atoms with E-state index >= 15 is 0 Å². The number of aliphatic hydroxyl groups is 4. The van der Waals surface area contributed by atoms with Crippen LogP contribution >= 0.6 is 0 Å². The maximum absolute atomic E-state index is 13.7. The minimum Gasteiger partial charge on any atom is -0.510 e. The second-order valence-electron chi connectivity index (χ2n) is 9.84. The summed E-state index contributed by atoms with van der Waals surface area (Å²) in [5, 5.41) is 56.0. The maximum atomic E-state index is 13.7. The number of aliphatic hydroxyl groups excluding tert-OH is 3. The van der Waals surface area contributed by atoms with Gasteiger partial charge in [0.25, 0.3) is 5.91 Å². The molecule has 1 aromatic rings. The first-order valence-corrected chi connectivity index (χ1v) is 11.1. The van der Waals surface area contributed by atoms with Gasteiger partial charge >= 0.3 is 0 Å². The summed E-state index contributed by atoms with van der Waals surface area (Å²) >= 11 is 0. The van der Waals surface area contributed by atoms with E-state index in [0.717, 1.165) is 0 Å². The van der Waals surface area contributed by atoms with Gasteiger partial charge in [-0.2, -0.15) is 0 Å². The van der Waals surface area contributed by atoms with Crippen LogP contribution in [-0.2, 0) is 9.59 Å². The third-order valence-corrected chi connectivity index (χ3v) is 7.57. The Morgan fingerprint density at radius 1 is 1.09 bits per heavy atom. The zero-order valence-electron chi connectivity index (χ0n) is 20.0. The van der Waals surface area contributed by atoms with Gasteiger partial charge < -0.3 is 36.2 Å². The Kier molecular flexibility index (Phi) is 5.51. The van der Waals surface area contributed by atoms with Gasteiger partial charge in [0.05, 0.1) is 23.6 Å². The average molecular weight is 488 g/mol. The molecular formula is C24H29N3O8. The summed E-state index contributed by atoms with van der Waals surface area (Å²) in [6, 6.07) is 1.66. The van der Waals surface area contributed by atoms with Crippen LogP contribution in [-0.4, -0.2) is 93.8 Å². The summed E-state index contributed by atoms with van der Waals surface area (Å²) in [4.78, 5) is 42.2. The van der Waals surface area contributed by atoms with Gasteiger partial charge in [-0.1, -0.05) is 6.92 Å². The van der Waals surface area contributed by atoms with Crippen molar-refractivity contribution in [3.63, 3.8) is 0 Å². The molecule has 6 atom stereocenters. The van der Waals surface area contributed by atoms with Gasteiger partial charge in [-0.3, -0.25) is 19.3 Å². The first kappa shape index (κ1) is 24.7. The number of likely N-dealkylation sites (N-methyl/N-ethyl adjacent to an activating group) is 1. The predicted molar refractivity (Wildman–Crippen MR) is 124 cm³/mol. The Labute approximate surface area is 201 Å². The molecule has 0 unspecified atom stereocenters. The van der Waals surface area contributed by atoms with Crippen LogP contribution in [0.3, 0.4) is 0 Å². The third kappa shape index (κ3) is 2.98. The van der Waals surface area contributed by atoms with E-state index in [2.05, 4.69) is 0 Å². The number of amides is 1. The zero-order valence-corrected chi connectivity index (χ0v) is 20.0. The normalized spacial score (nSPS) is 32.4. The van der Waals surface area contributed by atoms with Gasteiger partial charge in [-0.05, 0) is 37.7 Å². The van der Waals surface area contributed by atoms with E-state index in [4.69, 9.17) is 5.73 Å². The smallest absolute Gasteiger partial charge is 0.255 e. The highest BCUT2D eigenvalue weighted by Crippen LogP contribution is 2.56. The van der Waals surface area contributed by atoms with E-state index in [1.807, 2.05) is 0 Å². The first-order chi connectivity index (χ1) is 16.2. The minimum atomic E-state index is -2.92. The number of fused-ring (bicyclic) bond motifs is 3. The Bertz CT molecular complexity index is 1230. The number of carbonyl (C=O) groups is 3. The molecule has 188 valence electrons. The summed E-state index contributed by atoms with van der Waals surface area (Å²) < 4.78 is 0. The number of carbonyl (C=O) groups excluding carboxylic acids is 3. The van der Waals surface area contributed by atoms with Crippen LogP contribution in [0.25, 0.3) is 0 Å². The molecule has 0 saturated carbocycles. The SMILES string of the molecule is C[C@H]1c2c(N(C)C)ccc(O)c2C(=O)C2=C(O)[C@]3(O)C(=O)C(C(N)=O)=C(O)[C@@H](N(C)C)[C@H]3[C@@H](O)[C@H]21. The lowest BCUT2D eigenvalue weighted by molar-refractivity contribution is -0.162. The Morgan fingerprint density at radius 3 is 2.20 bits per heavy atom. The molecule has 0 bridgehead atoms. The highest BCUT2D eigenvalue weighted by molar-refractivity contribution is 6.25. The molecular weight excluding hydrogens is 458 g/mol. The number of hydrogen-bond acceptors (Lipinski definition) is 10. The monoisotopic (exact) mass is 487 g/mol. The molecule has 1 aromatic carbocycles. The first-order valence-electron chi connectivity index (χ1n) is 11.1. The van der Waals surface area contributed by atoms with Crippen molar-refractivity contribution >= 4 is 23.2 Å². The lowest BCUT2D eigenvalue weighted by Crippen LogP contribution is -2.68. The molecule has 0 aliphatic heterocycles. The number of phenolic OH excluding ortho intramolecular Hbond substituents is 1. The summed E-state index contributed by atoms with van der Waals surface area (Å²) in [6.45, 7) is 1.70. The van der Waals surface area contributed by atoms with Crippen molar-refractivity contribution in [1.29, 1.82) is 0 Å². The molecule has 35 heavy (non-hydrogen) atoms. The van der Waals surface area contributed by atoms with Crippen LogP contribution in [0.15, 0.2) is 34.8 Å². The number of aromatic hydroxyl groups is 1. The van der Waals surface area contributed by atoms with Gasteiger partial charge in [0.1, 0.15) is 22.8 Å². The van der Waals surface area contributed by atoms with Gasteiger partial charge in [0, 0.05) is 31.3 Å². The van der Waals surface area contributed by atoms with Crippen LogP contribution in [0.4, 0.5) is 5.69 Å². The molecule has 1 amide bonds. The maximum Gasteiger partial charge on any atom is 0.255 e. The van der Waals surface area contributed by atoms with E-state index in [9.17, 15) is 39.9 Å². The second kappa shape index (κ2) is 7.80. The summed E-state index contributed by atoms with van der Waals surface area (Å²) in [7, 11) is 6.48. The molecule has 0 saturated heterocycles. The van der Waals surface area contributed by atoms with E-state index in [1.54, 1.807) is 32.0 Å². The molecule has 0 fully saturated rings. The molecule has 4 rings (SSSR count). The van der Waals surface area contributed by atoms with Gasteiger partial charge in [0.2, 0.25) is 5.78 Å². The van der Waals surface area contributed by atoms with Crippen molar-refractivity contribution in [2.75, 3.05) is 33.1 Å². The number of phenols is 1. The number of anilines is 1. The molecule has 7 N–H and O–H groups in total. The number of benzene rings is 1. The molecule has 3 aliphatic carbocycles. The Morgan fingerprint density at radius 2 is 1.69 bits per heavy atom. The number of hydrogen-bond donors (Lipinski definition) is 6. The fourth-order valence-electron chi connectivity index (χ4n) is 6.07. The second-order valence-corrected chi connectivity index (χ2v) is 9.84. The number of nitrogens with two attached hydrogens (primary N) is 1. The van der Waals surface area contributed by atoms with Crippen molar-refractivity contribution in [1.82, 2.24) is 4.90 Å². The quantitative estimate of drug-likeness (QED) is 0.310.